The lowest BCUT2D eigenvalue weighted by Gasteiger charge is -2.14. The number of thiophene rings is 1. The zero-order chi connectivity index (χ0) is 12.8. The van der Waals surface area contributed by atoms with Gasteiger partial charge in [-0.25, -0.2) is 0 Å². The van der Waals surface area contributed by atoms with Gasteiger partial charge >= 0.3 is 0 Å². The average Bonchev–Trinajstić information content (AvgIpc) is 2.92. The van der Waals surface area contributed by atoms with Crippen molar-refractivity contribution in [1.82, 2.24) is 0 Å². The molecule has 0 saturated carbocycles. The molecule has 0 fully saturated rings. The van der Waals surface area contributed by atoms with E-state index in [0.717, 1.165) is 5.69 Å². The Balaban J connectivity index is 1.96. The molecule has 1 aromatic heterocycles. The Morgan fingerprint density at radius 2 is 2.11 bits per heavy atom. The summed E-state index contributed by atoms with van der Waals surface area (Å²) in [6.45, 7) is 2.21. The highest BCUT2D eigenvalue weighted by molar-refractivity contribution is 7.07. The van der Waals surface area contributed by atoms with Crippen LogP contribution in [0.3, 0.4) is 0 Å². The molecule has 0 amide bonds. The van der Waals surface area contributed by atoms with Gasteiger partial charge in [0.1, 0.15) is 11.8 Å². The maximum Gasteiger partial charge on any atom is 0.174 e. The van der Waals surface area contributed by atoms with E-state index in [4.69, 9.17) is 10.00 Å². The second-order valence-electron chi connectivity index (χ2n) is 3.89. The van der Waals surface area contributed by atoms with Gasteiger partial charge < -0.3 is 10.1 Å². The van der Waals surface area contributed by atoms with Crippen LogP contribution in [0.2, 0.25) is 0 Å². The maximum atomic E-state index is 8.42. The van der Waals surface area contributed by atoms with Crippen molar-refractivity contribution in [2.75, 3.05) is 11.9 Å². The van der Waals surface area contributed by atoms with Crippen LogP contribution in [0, 0.1) is 11.3 Å². The monoisotopic (exact) mass is 258 g/mol. The number of hydrogen-bond acceptors (Lipinski definition) is 4. The van der Waals surface area contributed by atoms with Crippen LogP contribution in [0.5, 0.6) is 5.75 Å². The Morgan fingerprint density at radius 3 is 2.72 bits per heavy atom. The van der Waals surface area contributed by atoms with Crippen LogP contribution in [0.15, 0.2) is 41.1 Å². The molecule has 1 unspecified atom stereocenters. The van der Waals surface area contributed by atoms with Gasteiger partial charge in [0.25, 0.3) is 0 Å². The van der Waals surface area contributed by atoms with E-state index in [1.807, 2.05) is 30.3 Å². The molecule has 1 heterocycles. The van der Waals surface area contributed by atoms with E-state index in [0.29, 0.717) is 5.75 Å². The van der Waals surface area contributed by atoms with E-state index in [1.54, 1.807) is 11.3 Å². The zero-order valence-electron chi connectivity index (χ0n) is 10.1. The highest BCUT2D eigenvalue weighted by Gasteiger charge is 2.05. The fourth-order valence-electron chi connectivity index (χ4n) is 1.62. The predicted octanol–water partition coefficient (Wildman–Crippen LogP) is 3.82. The Kier molecular flexibility index (Phi) is 4.21. The highest BCUT2D eigenvalue weighted by Crippen LogP contribution is 2.22. The number of nitrogens with zero attached hydrogens (tertiary/aromatic N) is 1. The maximum absolute atomic E-state index is 8.42. The van der Waals surface area contributed by atoms with Crippen molar-refractivity contribution in [3.63, 3.8) is 0 Å². The van der Waals surface area contributed by atoms with Crippen molar-refractivity contribution in [1.29, 1.82) is 5.26 Å². The van der Waals surface area contributed by atoms with Crippen molar-refractivity contribution < 1.29 is 4.74 Å². The molecule has 0 aliphatic rings. The molecule has 1 N–H and O–H groups in total. The molecule has 3 nitrogen and oxygen atoms in total. The summed E-state index contributed by atoms with van der Waals surface area (Å²) in [5, 5.41) is 16.1. The third-order valence-corrected chi connectivity index (χ3v) is 3.29. The van der Waals surface area contributed by atoms with Crippen LogP contribution in [-0.4, -0.2) is 6.61 Å². The Hall–Kier alpha value is -1.99. The van der Waals surface area contributed by atoms with Gasteiger partial charge in [-0.05, 0) is 53.6 Å². The van der Waals surface area contributed by atoms with Crippen molar-refractivity contribution in [2.45, 2.75) is 13.0 Å². The summed E-state index contributed by atoms with van der Waals surface area (Å²) in [6, 6.07) is 12.0. The zero-order valence-corrected chi connectivity index (χ0v) is 10.9. The van der Waals surface area contributed by atoms with Gasteiger partial charge in [-0.3, -0.25) is 0 Å². The lowest BCUT2D eigenvalue weighted by atomic mass is 10.1. The van der Waals surface area contributed by atoms with E-state index in [-0.39, 0.29) is 12.6 Å². The number of nitrogens with one attached hydrogen (secondary N) is 1. The van der Waals surface area contributed by atoms with Crippen molar-refractivity contribution in [2.24, 2.45) is 0 Å². The second kappa shape index (κ2) is 6.08. The van der Waals surface area contributed by atoms with E-state index >= 15 is 0 Å². The van der Waals surface area contributed by atoms with Gasteiger partial charge in [0.05, 0.1) is 0 Å². The molecule has 2 aromatic rings. The first-order valence-corrected chi connectivity index (χ1v) is 6.62. The first-order chi connectivity index (χ1) is 8.79. The topological polar surface area (TPSA) is 45.0 Å². The number of anilines is 1. The summed E-state index contributed by atoms with van der Waals surface area (Å²) >= 11 is 1.70. The van der Waals surface area contributed by atoms with Crippen LogP contribution in [-0.2, 0) is 0 Å². The van der Waals surface area contributed by atoms with Crippen molar-refractivity contribution in [3.8, 4) is 11.8 Å². The van der Waals surface area contributed by atoms with E-state index < -0.39 is 0 Å². The molecule has 0 bridgehead atoms. The Morgan fingerprint density at radius 1 is 1.33 bits per heavy atom. The van der Waals surface area contributed by atoms with Crippen LogP contribution in [0.4, 0.5) is 5.69 Å². The summed E-state index contributed by atoms with van der Waals surface area (Å²) < 4.78 is 5.20. The minimum atomic E-state index is 0.0814. The SMILES string of the molecule is CC(Nc1ccc(OCC#N)cc1)c1ccsc1. The smallest absolute Gasteiger partial charge is 0.174 e. The predicted molar refractivity (Wildman–Crippen MR) is 73.9 cm³/mol. The molecule has 1 atom stereocenters. The number of rotatable bonds is 5. The highest BCUT2D eigenvalue weighted by atomic mass is 32.1. The summed E-state index contributed by atoms with van der Waals surface area (Å²) in [5.74, 6) is 0.713. The molecular formula is C14H14N2OS. The van der Waals surface area contributed by atoms with Crippen molar-refractivity contribution >= 4 is 17.0 Å². The molecule has 18 heavy (non-hydrogen) atoms. The molecule has 4 heteroatoms. The van der Waals surface area contributed by atoms with Gasteiger partial charge in [0.2, 0.25) is 0 Å². The van der Waals surface area contributed by atoms with Crippen LogP contribution in [0.1, 0.15) is 18.5 Å². The largest absolute Gasteiger partial charge is 0.479 e. The van der Waals surface area contributed by atoms with Gasteiger partial charge in [-0.15, -0.1) is 0 Å². The van der Waals surface area contributed by atoms with E-state index in [1.165, 1.54) is 5.56 Å². The molecule has 92 valence electrons. The molecule has 0 radical (unpaired) electrons. The van der Waals surface area contributed by atoms with Crippen LogP contribution < -0.4 is 10.1 Å². The summed E-state index contributed by atoms with van der Waals surface area (Å²) in [7, 11) is 0. The lowest BCUT2D eigenvalue weighted by Crippen LogP contribution is -2.05. The van der Waals surface area contributed by atoms with Gasteiger partial charge in [0, 0.05) is 11.7 Å². The van der Waals surface area contributed by atoms with Gasteiger partial charge in [-0.1, -0.05) is 0 Å². The fraction of sp³-hybridized carbons (Fsp3) is 0.214. The van der Waals surface area contributed by atoms with Gasteiger partial charge in [-0.2, -0.15) is 16.6 Å². The molecular weight excluding hydrogens is 244 g/mol. The number of benzene rings is 1. The number of nitriles is 1. The minimum absolute atomic E-state index is 0.0814. The third kappa shape index (κ3) is 3.25. The average molecular weight is 258 g/mol. The van der Waals surface area contributed by atoms with Crippen LogP contribution in [0.25, 0.3) is 0 Å². The summed E-state index contributed by atoms with van der Waals surface area (Å²) in [5.41, 5.74) is 2.32. The standard InChI is InChI=1S/C14H14N2OS/c1-11(12-6-9-18-10-12)16-13-2-4-14(5-3-13)17-8-7-15/h2-6,9-11,16H,8H2,1H3. The van der Waals surface area contributed by atoms with E-state index in [2.05, 4.69) is 29.1 Å². The van der Waals surface area contributed by atoms with E-state index in [9.17, 15) is 0 Å². The lowest BCUT2D eigenvalue weighted by molar-refractivity contribution is 0.368. The molecule has 0 aliphatic heterocycles. The number of ether oxygens (including phenoxy) is 1. The first-order valence-electron chi connectivity index (χ1n) is 5.68. The quantitative estimate of drug-likeness (QED) is 0.886. The fourth-order valence-corrected chi connectivity index (χ4v) is 2.37. The molecule has 1 aromatic carbocycles. The molecule has 0 spiro atoms. The number of hydrogen-bond donors (Lipinski definition) is 1. The first kappa shape index (κ1) is 12.5. The minimum Gasteiger partial charge on any atom is -0.479 e. The third-order valence-electron chi connectivity index (χ3n) is 2.58. The Labute approximate surface area is 111 Å². The molecule has 0 aliphatic carbocycles. The summed E-state index contributed by atoms with van der Waals surface area (Å²) in [6.07, 6.45) is 0. The normalized spacial score (nSPS) is 11.6. The Bertz CT molecular complexity index is 514. The summed E-state index contributed by atoms with van der Waals surface area (Å²) in [4.78, 5) is 0. The molecule has 0 saturated heterocycles. The molecule has 2 rings (SSSR count). The van der Waals surface area contributed by atoms with Crippen LogP contribution >= 0.6 is 11.3 Å². The van der Waals surface area contributed by atoms with Crippen molar-refractivity contribution in [3.05, 3.63) is 46.7 Å². The second-order valence-corrected chi connectivity index (χ2v) is 4.67. The van der Waals surface area contributed by atoms with Gasteiger partial charge in [0.15, 0.2) is 6.61 Å².